The maximum Gasteiger partial charge on any atom is 0.161 e. The van der Waals surface area contributed by atoms with E-state index in [1.54, 1.807) is 0 Å². The van der Waals surface area contributed by atoms with E-state index in [0.29, 0.717) is 5.82 Å². The van der Waals surface area contributed by atoms with Crippen LogP contribution in [0.4, 0.5) is 5.82 Å². The predicted molar refractivity (Wildman–Crippen MR) is 83.3 cm³/mol. The third kappa shape index (κ3) is 2.80. The van der Waals surface area contributed by atoms with Crippen LogP contribution in [0.1, 0.15) is 24.6 Å². The van der Waals surface area contributed by atoms with Crippen molar-refractivity contribution in [3.63, 3.8) is 0 Å². The van der Waals surface area contributed by atoms with Gasteiger partial charge in [-0.05, 0) is 42.0 Å². The molecule has 0 spiro atoms. The number of benzene rings is 1. The summed E-state index contributed by atoms with van der Waals surface area (Å²) in [7, 11) is 0. The number of anilines is 1. The van der Waals surface area contributed by atoms with E-state index < -0.39 is 0 Å². The molecule has 0 fully saturated rings. The first kappa shape index (κ1) is 13.3. The highest BCUT2D eigenvalue weighted by Crippen LogP contribution is 2.23. The smallest absolute Gasteiger partial charge is 0.161 e. The number of rotatable bonds is 3. The number of nitrogens with two attached hydrogens (primary N) is 1. The molecule has 0 unspecified atom stereocenters. The molecule has 0 bridgehead atoms. The van der Waals surface area contributed by atoms with Gasteiger partial charge in [-0.25, -0.2) is 9.97 Å². The van der Waals surface area contributed by atoms with Crippen LogP contribution in [-0.2, 0) is 6.42 Å². The van der Waals surface area contributed by atoms with Gasteiger partial charge in [0.05, 0.1) is 9.26 Å². The molecule has 18 heavy (non-hydrogen) atoms. The first-order valence-electron chi connectivity index (χ1n) is 6.00. The van der Waals surface area contributed by atoms with Crippen molar-refractivity contribution in [3.05, 3.63) is 39.1 Å². The van der Waals surface area contributed by atoms with Crippen LogP contribution in [0.25, 0.3) is 11.4 Å². The molecule has 0 aliphatic carbocycles. The summed E-state index contributed by atoms with van der Waals surface area (Å²) in [6.07, 6.45) is 1.99. The van der Waals surface area contributed by atoms with Crippen LogP contribution in [0.2, 0.25) is 0 Å². The van der Waals surface area contributed by atoms with Gasteiger partial charge in [-0.2, -0.15) is 0 Å². The average Bonchev–Trinajstić information content (AvgIpc) is 2.35. The molecule has 0 aliphatic heterocycles. The van der Waals surface area contributed by atoms with Gasteiger partial charge in [-0.15, -0.1) is 0 Å². The summed E-state index contributed by atoms with van der Waals surface area (Å²) in [6, 6.07) is 8.18. The predicted octanol–water partition coefficient (Wildman–Crippen LogP) is 3.59. The van der Waals surface area contributed by atoms with E-state index in [4.69, 9.17) is 5.73 Å². The Morgan fingerprint density at radius 3 is 2.72 bits per heavy atom. The van der Waals surface area contributed by atoms with Crippen molar-refractivity contribution < 1.29 is 0 Å². The zero-order valence-corrected chi connectivity index (χ0v) is 12.7. The van der Waals surface area contributed by atoms with Crippen LogP contribution in [0, 0.1) is 10.5 Å². The Kier molecular flexibility index (Phi) is 4.16. The molecule has 0 saturated carbocycles. The second kappa shape index (κ2) is 5.65. The van der Waals surface area contributed by atoms with Crippen molar-refractivity contribution in [2.45, 2.75) is 26.7 Å². The Hall–Kier alpha value is -1.17. The number of aromatic nitrogens is 2. The standard InChI is InChI=1S/C14H16IN3/c1-3-5-11-12(15)13(16)18-14(17-11)10-7-4-6-9(2)8-10/h4,6-8H,3,5H2,1-2H3,(H2,16,17,18). The molecular formula is C14H16IN3. The molecular weight excluding hydrogens is 337 g/mol. The molecule has 0 saturated heterocycles. The average molecular weight is 353 g/mol. The summed E-state index contributed by atoms with van der Waals surface area (Å²) < 4.78 is 0.978. The van der Waals surface area contributed by atoms with Gasteiger partial charge in [0.25, 0.3) is 0 Å². The van der Waals surface area contributed by atoms with Crippen molar-refractivity contribution in [1.82, 2.24) is 9.97 Å². The zero-order chi connectivity index (χ0) is 13.1. The third-order valence-electron chi connectivity index (χ3n) is 2.71. The van der Waals surface area contributed by atoms with Crippen LogP contribution in [-0.4, -0.2) is 9.97 Å². The number of nitrogens with zero attached hydrogens (tertiary/aromatic N) is 2. The molecule has 1 aromatic heterocycles. The van der Waals surface area contributed by atoms with Crippen LogP contribution < -0.4 is 5.73 Å². The second-order valence-corrected chi connectivity index (χ2v) is 5.39. The molecule has 0 radical (unpaired) electrons. The molecule has 2 rings (SSSR count). The van der Waals surface area contributed by atoms with E-state index in [2.05, 4.69) is 58.5 Å². The molecule has 2 aromatic rings. The van der Waals surface area contributed by atoms with E-state index in [1.807, 2.05) is 12.1 Å². The van der Waals surface area contributed by atoms with E-state index in [-0.39, 0.29) is 0 Å². The molecule has 1 aromatic carbocycles. The normalized spacial score (nSPS) is 10.6. The second-order valence-electron chi connectivity index (χ2n) is 4.31. The lowest BCUT2D eigenvalue weighted by Crippen LogP contribution is -2.05. The quantitative estimate of drug-likeness (QED) is 0.858. The van der Waals surface area contributed by atoms with E-state index in [9.17, 15) is 0 Å². The number of hydrogen-bond donors (Lipinski definition) is 1. The summed E-state index contributed by atoms with van der Waals surface area (Å²) in [5.74, 6) is 1.30. The van der Waals surface area contributed by atoms with Gasteiger partial charge in [0, 0.05) is 5.56 Å². The van der Waals surface area contributed by atoms with Crippen molar-refractivity contribution in [2.75, 3.05) is 5.73 Å². The fourth-order valence-corrected chi connectivity index (χ4v) is 2.34. The Bertz CT molecular complexity index is 567. The maximum atomic E-state index is 5.97. The van der Waals surface area contributed by atoms with Crippen LogP contribution in [0.5, 0.6) is 0 Å². The fourth-order valence-electron chi connectivity index (χ4n) is 1.83. The summed E-state index contributed by atoms with van der Waals surface area (Å²) in [4.78, 5) is 9.02. The van der Waals surface area contributed by atoms with Gasteiger partial charge >= 0.3 is 0 Å². The first-order chi connectivity index (χ1) is 8.61. The van der Waals surface area contributed by atoms with Crippen LogP contribution in [0.15, 0.2) is 24.3 Å². The molecule has 1 heterocycles. The molecule has 4 heteroatoms. The number of hydrogen-bond acceptors (Lipinski definition) is 3. The Balaban J connectivity index is 2.51. The maximum absolute atomic E-state index is 5.97. The van der Waals surface area contributed by atoms with Gasteiger partial charge in [0.1, 0.15) is 5.82 Å². The van der Waals surface area contributed by atoms with Crippen LogP contribution in [0.3, 0.4) is 0 Å². The highest BCUT2D eigenvalue weighted by Gasteiger charge is 2.10. The van der Waals surface area contributed by atoms with E-state index in [1.165, 1.54) is 5.56 Å². The number of aryl methyl sites for hydroxylation is 2. The topological polar surface area (TPSA) is 51.8 Å². The van der Waals surface area contributed by atoms with Gasteiger partial charge in [0.2, 0.25) is 0 Å². The van der Waals surface area contributed by atoms with E-state index >= 15 is 0 Å². The van der Waals surface area contributed by atoms with Crippen LogP contribution >= 0.6 is 22.6 Å². The van der Waals surface area contributed by atoms with E-state index in [0.717, 1.165) is 33.5 Å². The van der Waals surface area contributed by atoms with Crippen molar-refractivity contribution >= 4 is 28.4 Å². The lowest BCUT2D eigenvalue weighted by Gasteiger charge is -2.08. The lowest BCUT2D eigenvalue weighted by atomic mass is 10.1. The summed E-state index contributed by atoms with van der Waals surface area (Å²) in [5.41, 5.74) is 9.24. The van der Waals surface area contributed by atoms with Gasteiger partial charge in [0.15, 0.2) is 5.82 Å². The zero-order valence-electron chi connectivity index (χ0n) is 10.6. The Morgan fingerprint density at radius 1 is 1.28 bits per heavy atom. The van der Waals surface area contributed by atoms with Crippen molar-refractivity contribution in [3.8, 4) is 11.4 Å². The SMILES string of the molecule is CCCc1nc(-c2cccc(C)c2)nc(N)c1I. The summed E-state index contributed by atoms with van der Waals surface area (Å²) in [6.45, 7) is 4.20. The summed E-state index contributed by atoms with van der Waals surface area (Å²) in [5, 5.41) is 0. The highest BCUT2D eigenvalue weighted by atomic mass is 127. The molecule has 2 N–H and O–H groups in total. The number of halogens is 1. The molecule has 3 nitrogen and oxygen atoms in total. The molecule has 0 aliphatic rings. The molecule has 0 amide bonds. The Morgan fingerprint density at radius 2 is 2.06 bits per heavy atom. The minimum Gasteiger partial charge on any atom is -0.383 e. The van der Waals surface area contributed by atoms with Gasteiger partial charge in [-0.3, -0.25) is 0 Å². The fraction of sp³-hybridized carbons (Fsp3) is 0.286. The minimum absolute atomic E-state index is 0.575. The van der Waals surface area contributed by atoms with Gasteiger partial charge in [-0.1, -0.05) is 37.1 Å². The first-order valence-corrected chi connectivity index (χ1v) is 7.08. The lowest BCUT2D eigenvalue weighted by molar-refractivity contribution is 0.869. The molecule has 94 valence electrons. The van der Waals surface area contributed by atoms with Gasteiger partial charge < -0.3 is 5.73 Å². The number of nitrogen functional groups attached to an aromatic ring is 1. The highest BCUT2D eigenvalue weighted by molar-refractivity contribution is 14.1. The molecule has 0 atom stereocenters. The van der Waals surface area contributed by atoms with Crippen molar-refractivity contribution in [2.24, 2.45) is 0 Å². The minimum atomic E-state index is 0.575. The largest absolute Gasteiger partial charge is 0.383 e. The summed E-state index contributed by atoms with van der Waals surface area (Å²) >= 11 is 2.22. The van der Waals surface area contributed by atoms with Crippen molar-refractivity contribution in [1.29, 1.82) is 0 Å². The Labute approximate surface area is 121 Å². The third-order valence-corrected chi connectivity index (χ3v) is 3.88. The monoisotopic (exact) mass is 353 g/mol.